The Bertz CT molecular complexity index is 458. The molecule has 0 bridgehead atoms. The minimum atomic E-state index is -0.597. The van der Waals surface area contributed by atoms with E-state index in [-0.39, 0.29) is 0 Å². The summed E-state index contributed by atoms with van der Waals surface area (Å²) in [6, 6.07) is 7.63. The first-order valence-corrected chi connectivity index (χ1v) is 7.12. The highest BCUT2D eigenvalue weighted by atomic mass is 32.1. The number of carbonyl (C=O) groups excluding carboxylic acids is 2. The number of rotatable bonds is 4. The van der Waals surface area contributed by atoms with Crippen molar-refractivity contribution in [1.82, 2.24) is 10.6 Å². The lowest BCUT2D eigenvalue weighted by Gasteiger charge is -2.04. The third kappa shape index (κ3) is 3.68. The van der Waals surface area contributed by atoms with E-state index in [2.05, 4.69) is 10.6 Å². The average Bonchev–Trinajstić information content (AvgIpc) is 3.05. The first-order valence-electron chi connectivity index (χ1n) is 5.36. The van der Waals surface area contributed by atoms with Crippen molar-refractivity contribution < 1.29 is 9.59 Å². The van der Waals surface area contributed by atoms with E-state index in [0.717, 1.165) is 9.75 Å². The molecular formula is C12H12N2O2S2. The number of carbonyl (C=O) groups is 2. The maximum atomic E-state index is 11.5. The summed E-state index contributed by atoms with van der Waals surface area (Å²) in [6.45, 7) is 0.784. The predicted octanol–water partition coefficient (Wildman–Crippen LogP) is 1.74. The third-order valence-electron chi connectivity index (χ3n) is 2.21. The molecule has 2 amide bonds. The Kier molecular flexibility index (Phi) is 4.49. The highest BCUT2D eigenvalue weighted by Gasteiger charge is 2.12. The van der Waals surface area contributed by atoms with Crippen LogP contribution in [0.25, 0.3) is 0 Å². The van der Waals surface area contributed by atoms with Gasteiger partial charge in [-0.1, -0.05) is 12.1 Å². The van der Waals surface area contributed by atoms with E-state index < -0.39 is 11.8 Å². The Labute approximate surface area is 113 Å². The first-order chi connectivity index (χ1) is 8.75. The average molecular weight is 280 g/mol. The zero-order valence-electron chi connectivity index (χ0n) is 9.51. The van der Waals surface area contributed by atoms with Crippen molar-refractivity contribution in [3.63, 3.8) is 0 Å². The minimum Gasteiger partial charge on any atom is -0.343 e. The van der Waals surface area contributed by atoms with Crippen molar-refractivity contribution in [3.05, 3.63) is 44.8 Å². The van der Waals surface area contributed by atoms with Gasteiger partial charge in [0.1, 0.15) is 0 Å². The molecule has 0 spiro atoms. The number of thiophene rings is 2. The Morgan fingerprint density at radius 1 is 0.889 bits per heavy atom. The molecule has 0 aromatic carbocycles. The molecule has 0 saturated carbocycles. The molecule has 0 aliphatic heterocycles. The van der Waals surface area contributed by atoms with Gasteiger partial charge in [-0.05, 0) is 22.9 Å². The van der Waals surface area contributed by atoms with Gasteiger partial charge in [0.2, 0.25) is 0 Å². The van der Waals surface area contributed by atoms with Crippen molar-refractivity contribution in [2.75, 3.05) is 0 Å². The summed E-state index contributed by atoms with van der Waals surface area (Å²) >= 11 is 3.09. The van der Waals surface area contributed by atoms with E-state index in [4.69, 9.17) is 0 Å². The maximum Gasteiger partial charge on any atom is 0.309 e. The predicted molar refractivity (Wildman–Crippen MR) is 72.3 cm³/mol. The van der Waals surface area contributed by atoms with E-state index in [1.54, 1.807) is 22.7 Å². The van der Waals surface area contributed by atoms with E-state index in [1.165, 1.54) is 0 Å². The normalized spacial score (nSPS) is 10.0. The lowest BCUT2D eigenvalue weighted by molar-refractivity contribution is -0.139. The second-order valence-corrected chi connectivity index (χ2v) is 5.59. The zero-order valence-corrected chi connectivity index (χ0v) is 11.1. The second-order valence-electron chi connectivity index (χ2n) is 3.52. The molecule has 0 atom stereocenters. The number of amides is 2. The van der Waals surface area contributed by atoms with Gasteiger partial charge in [0.15, 0.2) is 0 Å². The highest BCUT2D eigenvalue weighted by Crippen LogP contribution is 2.08. The topological polar surface area (TPSA) is 58.2 Å². The summed E-state index contributed by atoms with van der Waals surface area (Å²) in [7, 11) is 0. The fourth-order valence-corrected chi connectivity index (χ4v) is 2.61. The Balaban J connectivity index is 1.73. The summed E-state index contributed by atoms with van der Waals surface area (Å²) in [4.78, 5) is 25.0. The number of nitrogens with one attached hydrogen (secondary N) is 2. The smallest absolute Gasteiger partial charge is 0.309 e. The van der Waals surface area contributed by atoms with Gasteiger partial charge in [-0.3, -0.25) is 9.59 Å². The first kappa shape index (κ1) is 12.8. The van der Waals surface area contributed by atoms with Crippen LogP contribution in [0, 0.1) is 0 Å². The van der Waals surface area contributed by atoms with Crippen molar-refractivity contribution in [2.45, 2.75) is 13.1 Å². The molecule has 0 saturated heterocycles. The highest BCUT2D eigenvalue weighted by molar-refractivity contribution is 7.10. The third-order valence-corrected chi connectivity index (χ3v) is 3.97. The Morgan fingerprint density at radius 3 is 1.67 bits per heavy atom. The van der Waals surface area contributed by atoms with Gasteiger partial charge in [0, 0.05) is 9.75 Å². The molecule has 0 aliphatic carbocycles. The van der Waals surface area contributed by atoms with Crippen molar-refractivity contribution in [2.24, 2.45) is 0 Å². The van der Waals surface area contributed by atoms with Crippen LogP contribution in [-0.2, 0) is 22.7 Å². The van der Waals surface area contributed by atoms with Crippen molar-refractivity contribution in [3.8, 4) is 0 Å². The lowest BCUT2D eigenvalue weighted by atomic mass is 10.4. The van der Waals surface area contributed by atoms with E-state index in [0.29, 0.717) is 13.1 Å². The van der Waals surface area contributed by atoms with Crippen LogP contribution >= 0.6 is 22.7 Å². The Morgan fingerprint density at radius 2 is 1.33 bits per heavy atom. The zero-order chi connectivity index (χ0) is 12.8. The van der Waals surface area contributed by atoms with Gasteiger partial charge in [-0.25, -0.2) is 0 Å². The van der Waals surface area contributed by atoms with Crippen LogP contribution < -0.4 is 10.6 Å². The lowest BCUT2D eigenvalue weighted by Crippen LogP contribution is -2.38. The molecule has 2 N–H and O–H groups in total. The molecule has 4 nitrogen and oxygen atoms in total. The maximum absolute atomic E-state index is 11.5. The van der Waals surface area contributed by atoms with E-state index in [1.807, 2.05) is 35.0 Å². The van der Waals surface area contributed by atoms with Gasteiger partial charge in [-0.2, -0.15) is 0 Å². The molecule has 2 rings (SSSR count). The molecule has 94 valence electrons. The van der Waals surface area contributed by atoms with E-state index in [9.17, 15) is 9.59 Å². The summed E-state index contributed by atoms with van der Waals surface area (Å²) in [5.41, 5.74) is 0. The largest absolute Gasteiger partial charge is 0.343 e. The van der Waals surface area contributed by atoms with Gasteiger partial charge < -0.3 is 10.6 Å². The second kappa shape index (κ2) is 6.32. The van der Waals surface area contributed by atoms with Crippen LogP contribution in [0.2, 0.25) is 0 Å². The van der Waals surface area contributed by atoms with Crippen molar-refractivity contribution in [1.29, 1.82) is 0 Å². The van der Waals surface area contributed by atoms with Gasteiger partial charge in [0.25, 0.3) is 0 Å². The molecule has 6 heteroatoms. The monoisotopic (exact) mass is 280 g/mol. The molecular weight excluding hydrogens is 268 g/mol. The molecule has 2 aromatic heterocycles. The SMILES string of the molecule is O=C(NCc1cccs1)C(=O)NCc1cccs1. The molecule has 18 heavy (non-hydrogen) atoms. The quantitative estimate of drug-likeness (QED) is 0.838. The molecule has 2 heterocycles. The number of hydrogen-bond donors (Lipinski definition) is 2. The van der Waals surface area contributed by atoms with Crippen LogP contribution in [0.3, 0.4) is 0 Å². The van der Waals surface area contributed by atoms with Crippen LogP contribution in [0.15, 0.2) is 35.0 Å². The molecule has 0 radical (unpaired) electrons. The van der Waals surface area contributed by atoms with Crippen molar-refractivity contribution >= 4 is 34.5 Å². The summed E-state index contributed by atoms with van der Waals surface area (Å²) in [6.07, 6.45) is 0. The summed E-state index contributed by atoms with van der Waals surface area (Å²) < 4.78 is 0. The van der Waals surface area contributed by atoms with Gasteiger partial charge in [0.05, 0.1) is 13.1 Å². The fourth-order valence-electron chi connectivity index (χ4n) is 1.32. The molecule has 0 aliphatic rings. The summed E-state index contributed by atoms with van der Waals surface area (Å²) in [5.74, 6) is -1.19. The standard InChI is InChI=1S/C12H12N2O2S2/c15-11(13-7-9-3-1-5-17-9)12(16)14-8-10-4-2-6-18-10/h1-6H,7-8H2,(H,13,15)(H,14,16). The van der Waals surface area contributed by atoms with Gasteiger partial charge >= 0.3 is 11.8 Å². The Hall–Kier alpha value is -1.66. The molecule has 0 fully saturated rings. The minimum absolute atomic E-state index is 0.392. The van der Waals surface area contributed by atoms with Crippen LogP contribution in [0.5, 0.6) is 0 Å². The van der Waals surface area contributed by atoms with Gasteiger partial charge in [-0.15, -0.1) is 22.7 Å². The van der Waals surface area contributed by atoms with Crippen LogP contribution in [-0.4, -0.2) is 11.8 Å². The van der Waals surface area contributed by atoms with Crippen LogP contribution in [0.1, 0.15) is 9.75 Å². The fraction of sp³-hybridized carbons (Fsp3) is 0.167. The van der Waals surface area contributed by atoms with E-state index >= 15 is 0 Å². The molecule has 2 aromatic rings. The van der Waals surface area contributed by atoms with Crippen LogP contribution in [0.4, 0.5) is 0 Å². The molecule has 0 unspecified atom stereocenters. The summed E-state index contributed by atoms with van der Waals surface area (Å²) in [5, 5.41) is 9.01. The number of hydrogen-bond acceptors (Lipinski definition) is 4.